The zero-order valence-corrected chi connectivity index (χ0v) is 19.5. The van der Waals surface area contributed by atoms with Crippen LogP contribution in [0, 0.1) is 0 Å². The summed E-state index contributed by atoms with van der Waals surface area (Å²) < 4.78 is 9.50. The van der Waals surface area contributed by atoms with Crippen molar-refractivity contribution in [1.29, 1.82) is 0 Å². The van der Waals surface area contributed by atoms with E-state index < -0.39 is 0 Å². The van der Waals surface area contributed by atoms with Crippen molar-refractivity contribution in [2.24, 2.45) is 5.10 Å². The average molecular weight is 569 g/mol. The molecule has 0 saturated heterocycles. The van der Waals surface area contributed by atoms with Crippen molar-refractivity contribution < 1.29 is 4.74 Å². The second-order valence-corrected chi connectivity index (χ2v) is 10.1. The first-order chi connectivity index (χ1) is 13.1. The van der Waals surface area contributed by atoms with Gasteiger partial charge in [0, 0.05) is 20.9 Å². The number of benzene rings is 2. The predicted molar refractivity (Wildman–Crippen MR) is 119 cm³/mol. The van der Waals surface area contributed by atoms with E-state index in [9.17, 15) is 0 Å². The number of ether oxygens (including phenoxy) is 1. The van der Waals surface area contributed by atoms with Gasteiger partial charge in [0.1, 0.15) is 5.75 Å². The Hall–Kier alpha value is -1.15. The summed E-state index contributed by atoms with van der Waals surface area (Å²) in [6, 6.07) is 16.8. The third-order valence-corrected chi connectivity index (χ3v) is 7.25. The summed E-state index contributed by atoms with van der Waals surface area (Å²) >= 11 is 12.5. The average Bonchev–Trinajstić information content (AvgIpc) is 3.32. The van der Waals surface area contributed by atoms with E-state index in [4.69, 9.17) is 9.84 Å². The summed E-state index contributed by atoms with van der Waals surface area (Å²) in [6.45, 7) is 0. The lowest BCUT2D eigenvalue weighted by Crippen LogP contribution is -2.33. The molecule has 7 heteroatoms. The molecule has 0 amide bonds. The summed E-state index contributed by atoms with van der Waals surface area (Å²) in [5, 5.41) is 9.19. The molecular formula is C20H13Br3N2OS. The monoisotopic (exact) mass is 566 g/mol. The van der Waals surface area contributed by atoms with Crippen LogP contribution in [0.25, 0.3) is 0 Å². The highest BCUT2D eigenvalue weighted by atomic mass is 79.9. The number of hydrogen-bond acceptors (Lipinski definition) is 4. The number of thiophene rings is 1. The lowest BCUT2D eigenvalue weighted by atomic mass is 9.96. The minimum atomic E-state index is -0.215. The van der Waals surface area contributed by atoms with Crippen molar-refractivity contribution in [3.63, 3.8) is 0 Å². The minimum absolute atomic E-state index is 0.147. The van der Waals surface area contributed by atoms with Crippen LogP contribution in [-0.4, -0.2) is 10.7 Å². The maximum Gasteiger partial charge on any atom is 0.223 e. The molecule has 2 aromatic carbocycles. The van der Waals surface area contributed by atoms with E-state index in [1.54, 1.807) is 11.3 Å². The van der Waals surface area contributed by atoms with Crippen molar-refractivity contribution in [2.45, 2.75) is 18.7 Å². The summed E-state index contributed by atoms with van der Waals surface area (Å²) in [6.07, 6.45) is 0.635. The molecule has 2 aliphatic rings. The molecule has 0 N–H and O–H groups in total. The van der Waals surface area contributed by atoms with Gasteiger partial charge in [-0.2, -0.15) is 5.10 Å². The molecule has 0 unspecified atom stereocenters. The highest BCUT2D eigenvalue weighted by Gasteiger charge is 2.42. The van der Waals surface area contributed by atoms with Gasteiger partial charge in [0.05, 0.1) is 21.1 Å². The van der Waals surface area contributed by atoms with Crippen molar-refractivity contribution in [2.75, 3.05) is 0 Å². The number of hydrazone groups is 1. The smallest absolute Gasteiger partial charge is 0.223 e. The molecule has 3 nitrogen and oxygen atoms in total. The van der Waals surface area contributed by atoms with Crippen LogP contribution >= 0.6 is 59.1 Å². The Morgan fingerprint density at radius 3 is 2.59 bits per heavy atom. The van der Waals surface area contributed by atoms with E-state index in [1.165, 1.54) is 0 Å². The molecule has 0 spiro atoms. The fraction of sp³-hybridized carbons (Fsp3) is 0.150. The maximum atomic E-state index is 6.43. The molecular weight excluding hydrogens is 556 g/mol. The summed E-state index contributed by atoms with van der Waals surface area (Å²) in [5.74, 6) is 0.908. The first-order valence-corrected chi connectivity index (χ1v) is 11.7. The van der Waals surface area contributed by atoms with Crippen molar-refractivity contribution in [1.82, 2.24) is 5.01 Å². The quantitative estimate of drug-likeness (QED) is 0.324. The minimum Gasteiger partial charge on any atom is -0.462 e. The van der Waals surface area contributed by atoms with Crippen molar-refractivity contribution >= 4 is 64.8 Å². The van der Waals surface area contributed by atoms with Gasteiger partial charge in [-0.1, -0.05) is 50.1 Å². The van der Waals surface area contributed by atoms with Crippen molar-refractivity contribution in [3.05, 3.63) is 83.3 Å². The van der Waals surface area contributed by atoms with Crippen LogP contribution in [0.1, 0.15) is 34.7 Å². The maximum absolute atomic E-state index is 6.43. The molecule has 0 radical (unpaired) electrons. The molecule has 3 heterocycles. The van der Waals surface area contributed by atoms with Gasteiger partial charge >= 0.3 is 0 Å². The van der Waals surface area contributed by atoms with Gasteiger partial charge in [-0.3, -0.25) is 0 Å². The topological polar surface area (TPSA) is 24.8 Å². The molecule has 0 aliphatic carbocycles. The Morgan fingerprint density at radius 2 is 1.85 bits per heavy atom. The molecule has 2 aliphatic heterocycles. The number of nitrogens with zero attached hydrogens (tertiary/aromatic N) is 2. The lowest BCUT2D eigenvalue weighted by molar-refractivity contribution is -0.0172. The largest absolute Gasteiger partial charge is 0.462 e. The number of halogens is 3. The fourth-order valence-corrected chi connectivity index (χ4v) is 5.91. The molecule has 136 valence electrons. The Morgan fingerprint density at radius 1 is 1.04 bits per heavy atom. The number of rotatable bonds is 2. The Bertz CT molecular complexity index is 1030. The molecule has 27 heavy (non-hydrogen) atoms. The van der Waals surface area contributed by atoms with Crippen LogP contribution in [0.15, 0.2) is 72.4 Å². The molecule has 3 aromatic rings. The molecule has 5 rings (SSSR count). The van der Waals surface area contributed by atoms with Crippen LogP contribution in [0.3, 0.4) is 0 Å². The van der Waals surface area contributed by atoms with Gasteiger partial charge in [-0.15, -0.1) is 11.3 Å². The predicted octanol–water partition coefficient (Wildman–Crippen LogP) is 7.28. The molecule has 0 saturated carbocycles. The summed E-state index contributed by atoms with van der Waals surface area (Å²) in [7, 11) is 0. The third-order valence-electron chi connectivity index (χ3n) is 4.77. The SMILES string of the molecule is Brc1ccc(C2=NN3[C@@H](c4cccs4)Oc4c(Br)cc(Br)cc4[C@@H]3C2)cc1. The van der Waals surface area contributed by atoms with Crippen LogP contribution in [0.2, 0.25) is 0 Å². The van der Waals surface area contributed by atoms with E-state index in [2.05, 4.69) is 101 Å². The van der Waals surface area contributed by atoms with Crippen LogP contribution in [0.4, 0.5) is 0 Å². The zero-order chi connectivity index (χ0) is 18.5. The standard InChI is InChI=1S/C20H13Br3N2OS/c21-12-5-3-11(4-6-12)16-10-17-14-8-13(22)9-15(23)19(14)26-20(25(17)24-16)18-2-1-7-27-18/h1-9,17,20H,10H2/t17-,20+/m0/s1. The lowest BCUT2D eigenvalue weighted by Gasteiger charge is -2.38. The summed E-state index contributed by atoms with van der Waals surface area (Å²) in [4.78, 5) is 1.15. The Balaban J connectivity index is 1.62. The fourth-order valence-electron chi connectivity index (χ4n) is 3.55. The first-order valence-electron chi connectivity index (χ1n) is 8.41. The highest BCUT2D eigenvalue weighted by Crippen LogP contribution is 2.51. The number of fused-ring (bicyclic) bond motifs is 3. The molecule has 2 atom stereocenters. The van der Waals surface area contributed by atoms with E-state index >= 15 is 0 Å². The Labute approximate surface area is 186 Å². The van der Waals surface area contributed by atoms with E-state index in [0.717, 1.165) is 47.3 Å². The van der Waals surface area contributed by atoms with Gasteiger partial charge in [0.2, 0.25) is 6.23 Å². The Kier molecular flexibility index (Phi) is 4.66. The molecule has 1 aromatic heterocycles. The number of hydrogen-bond donors (Lipinski definition) is 0. The zero-order valence-electron chi connectivity index (χ0n) is 13.9. The van der Waals surface area contributed by atoms with Crippen molar-refractivity contribution in [3.8, 4) is 5.75 Å². The summed E-state index contributed by atoms with van der Waals surface area (Å²) in [5.41, 5.74) is 3.38. The highest BCUT2D eigenvalue weighted by molar-refractivity contribution is 9.11. The van der Waals surface area contributed by atoms with Gasteiger partial charge < -0.3 is 4.74 Å². The first kappa shape index (κ1) is 17.9. The van der Waals surface area contributed by atoms with E-state index in [1.807, 2.05) is 6.07 Å². The van der Waals surface area contributed by atoms with Gasteiger partial charge in [-0.05, 0) is 57.2 Å². The normalized spacial score (nSPS) is 20.7. The van der Waals surface area contributed by atoms with Crippen LogP contribution in [-0.2, 0) is 0 Å². The van der Waals surface area contributed by atoms with E-state index in [0.29, 0.717) is 0 Å². The van der Waals surface area contributed by atoms with E-state index in [-0.39, 0.29) is 12.3 Å². The van der Waals surface area contributed by atoms with Gasteiger partial charge in [-0.25, -0.2) is 5.01 Å². The second-order valence-electron chi connectivity index (χ2n) is 6.45. The van der Waals surface area contributed by atoms with Gasteiger partial charge in [0.25, 0.3) is 0 Å². The van der Waals surface area contributed by atoms with Gasteiger partial charge in [0.15, 0.2) is 0 Å². The molecule has 0 bridgehead atoms. The van der Waals surface area contributed by atoms with Crippen LogP contribution < -0.4 is 4.74 Å². The molecule has 0 fully saturated rings. The third kappa shape index (κ3) is 3.18. The second kappa shape index (κ2) is 7.03. The van der Waals surface area contributed by atoms with Crippen LogP contribution in [0.5, 0.6) is 5.75 Å².